The highest BCUT2D eigenvalue weighted by Gasteiger charge is 2.61. The van der Waals surface area contributed by atoms with Gasteiger partial charge in [0.15, 0.2) is 0 Å². The number of benzene rings is 3. The second-order valence-corrected chi connectivity index (χ2v) is 9.94. The van der Waals surface area contributed by atoms with E-state index in [-0.39, 0.29) is 30.0 Å². The Morgan fingerprint density at radius 2 is 1.74 bits per heavy atom. The minimum absolute atomic E-state index is 0.125. The van der Waals surface area contributed by atoms with Crippen LogP contribution in [0.25, 0.3) is 0 Å². The van der Waals surface area contributed by atoms with Crippen molar-refractivity contribution in [2.45, 2.75) is 25.6 Å². The smallest absolute Gasteiger partial charge is 0.269 e. The van der Waals surface area contributed by atoms with E-state index in [1.54, 1.807) is 4.90 Å². The predicted molar refractivity (Wildman–Crippen MR) is 136 cm³/mol. The molecule has 5 rings (SSSR count). The molecule has 1 fully saturated rings. The molecule has 0 bridgehead atoms. The maximum atomic E-state index is 14.0. The lowest BCUT2D eigenvalue weighted by Crippen LogP contribution is -2.50. The van der Waals surface area contributed by atoms with E-state index in [0.717, 1.165) is 27.9 Å². The van der Waals surface area contributed by atoms with Crippen LogP contribution in [0.2, 0.25) is 0 Å². The van der Waals surface area contributed by atoms with E-state index < -0.39 is 4.87 Å². The summed E-state index contributed by atoms with van der Waals surface area (Å²) in [6.45, 7) is 5.76. The number of carbonyl (C=O) groups excluding carboxylic acids is 3. The third kappa shape index (κ3) is 3.47. The summed E-state index contributed by atoms with van der Waals surface area (Å²) < 4.78 is 0. The zero-order chi connectivity index (χ0) is 24.0. The average molecular weight is 472 g/mol. The molecule has 0 radical (unpaired) electrons. The number of thioether (sulfide) groups is 1. The summed E-state index contributed by atoms with van der Waals surface area (Å²) in [6.07, 6.45) is 0. The van der Waals surface area contributed by atoms with Gasteiger partial charge in [0.2, 0.25) is 16.7 Å². The number of anilines is 3. The van der Waals surface area contributed by atoms with Crippen LogP contribution >= 0.6 is 11.8 Å². The summed E-state index contributed by atoms with van der Waals surface area (Å²) in [6, 6.07) is 20.8. The molecular formula is C27H25N3O3S. The molecule has 6 nitrogen and oxygen atoms in total. The van der Waals surface area contributed by atoms with E-state index >= 15 is 0 Å². The second kappa shape index (κ2) is 8.33. The standard InChI is InChI=1S/C27H25N3O3S/c1-17-7-6-8-20(14-17)30-25(32)16-34-27(30)21-9-4-5-10-23(21)29(26(27)33)15-24(31)28-22-12-11-18(2)13-19(22)3/h4-14H,15-16H2,1-3H3,(H,28,31)/t27-/m0/s1. The van der Waals surface area contributed by atoms with Gasteiger partial charge in [0, 0.05) is 16.9 Å². The minimum atomic E-state index is -1.22. The summed E-state index contributed by atoms with van der Waals surface area (Å²) >= 11 is 1.31. The van der Waals surface area contributed by atoms with Crippen molar-refractivity contribution in [2.24, 2.45) is 0 Å². The molecule has 1 saturated heterocycles. The van der Waals surface area contributed by atoms with Crippen LogP contribution in [0.4, 0.5) is 17.1 Å². The van der Waals surface area contributed by atoms with E-state index in [4.69, 9.17) is 0 Å². The largest absolute Gasteiger partial charge is 0.324 e. The fourth-order valence-corrected chi connectivity index (χ4v) is 6.13. The van der Waals surface area contributed by atoms with Gasteiger partial charge in [-0.05, 0) is 56.2 Å². The molecule has 172 valence electrons. The zero-order valence-electron chi connectivity index (χ0n) is 19.3. The van der Waals surface area contributed by atoms with Gasteiger partial charge in [0.1, 0.15) is 6.54 Å². The van der Waals surface area contributed by atoms with Crippen LogP contribution < -0.4 is 15.1 Å². The third-order valence-corrected chi connectivity index (χ3v) is 7.67. The molecular weight excluding hydrogens is 446 g/mol. The fraction of sp³-hybridized carbons (Fsp3) is 0.222. The van der Waals surface area contributed by atoms with Gasteiger partial charge in [-0.15, -0.1) is 11.8 Å². The number of amides is 3. The first kappa shape index (κ1) is 22.2. The first-order valence-electron chi connectivity index (χ1n) is 11.1. The van der Waals surface area contributed by atoms with Crippen LogP contribution in [0.15, 0.2) is 66.7 Å². The lowest BCUT2D eigenvalue weighted by Gasteiger charge is -2.33. The van der Waals surface area contributed by atoms with Crippen molar-refractivity contribution < 1.29 is 14.4 Å². The summed E-state index contributed by atoms with van der Waals surface area (Å²) in [4.78, 5) is 42.0. The maximum absolute atomic E-state index is 14.0. The van der Waals surface area contributed by atoms with E-state index in [2.05, 4.69) is 5.32 Å². The monoisotopic (exact) mass is 471 g/mol. The van der Waals surface area contributed by atoms with Crippen molar-refractivity contribution >= 4 is 46.5 Å². The van der Waals surface area contributed by atoms with E-state index in [1.165, 1.54) is 16.7 Å². The molecule has 3 aromatic carbocycles. The third-order valence-electron chi connectivity index (χ3n) is 6.28. The Kier molecular flexibility index (Phi) is 5.44. The van der Waals surface area contributed by atoms with Crippen molar-refractivity contribution in [1.29, 1.82) is 0 Å². The van der Waals surface area contributed by atoms with E-state index in [0.29, 0.717) is 11.4 Å². The molecule has 0 saturated carbocycles. The molecule has 34 heavy (non-hydrogen) atoms. The van der Waals surface area contributed by atoms with Gasteiger partial charge in [0.05, 0.1) is 11.4 Å². The zero-order valence-corrected chi connectivity index (χ0v) is 20.1. The number of para-hydroxylation sites is 1. The van der Waals surface area contributed by atoms with Crippen molar-refractivity contribution in [3.8, 4) is 0 Å². The number of nitrogens with zero attached hydrogens (tertiary/aromatic N) is 2. The number of rotatable bonds is 4. The van der Waals surface area contributed by atoms with Crippen molar-refractivity contribution in [3.63, 3.8) is 0 Å². The molecule has 2 aliphatic heterocycles. The van der Waals surface area contributed by atoms with Crippen LogP contribution in [-0.4, -0.2) is 30.0 Å². The molecule has 1 N–H and O–H groups in total. The first-order valence-corrected chi connectivity index (χ1v) is 12.1. The lowest BCUT2D eigenvalue weighted by atomic mass is 10.0. The fourth-order valence-electron chi connectivity index (χ4n) is 4.77. The van der Waals surface area contributed by atoms with Crippen LogP contribution in [0.3, 0.4) is 0 Å². The predicted octanol–water partition coefficient (Wildman–Crippen LogP) is 4.53. The Balaban J connectivity index is 1.51. The summed E-state index contributed by atoms with van der Waals surface area (Å²) in [5.74, 6) is -0.498. The quantitative estimate of drug-likeness (QED) is 0.607. The van der Waals surface area contributed by atoms with Gasteiger partial charge >= 0.3 is 0 Å². The molecule has 1 atom stereocenters. The molecule has 2 heterocycles. The SMILES string of the molecule is Cc1cccc(N2C(=O)CS[C@@]23C(=O)N(CC(=O)Nc2ccc(C)cc2C)c2ccccc23)c1. The molecule has 2 aliphatic rings. The topological polar surface area (TPSA) is 69.7 Å². The van der Waals surface area contributed by atoms with Crippen molar-refractivity contribution in [3.05, 3.63) is 89.0 Å². The van der Waals surface area contributed by atoms with Crippen LogP contribution in [0.5, 0.6) is 0 Å². The highest BCUT2D eigenvalue weighted by Crippen LogP contribution is 2.55. The molecule has 0 aromatic heterocycles. The normalized spacial score (nSPS) is 19.1. The van der Waals surface area contributed by atoms with Gasteiger partial charge in [-0.3, -0.25) is 24.2 Å². The minimum Gasteiger partial charge on any atom is -0.324 e. The molecule has 0 unspecified atom stereocenters. The molecule has 0 aliphatic carbocycles. The average Bonchev–Trinajstić information content (AvgIpc) is 3.27. The summed E-state index contributed by atoms with van der Waals surface area (Å²) in [5, 5.41) is 2.93. The first-order chi connectivity index (χ1) is 16.3. The molecule has 7 heteroatoms. The Morgan fingerprint density at radius 1 is 0.971 bits per heavy atom. The second-order valence-electron chi connectivity index (χ2n) is 8.78. The molecule has 3 aromatic rings. The van der Waals surface area contributed by atoms with Crippen molar-refractivity contribution in [2.75, 3.05) is 27.4 Å². The Hall–Kier alpha value is -3.58. The Morgan fingerprint density at radius 3 is 2.50 bits per heavy atom. The van der Waals surface area contributed by atoms with Gasteiger partial charge < -0.3 is 5.32 Å². The van der Waals surface area contributed by atoms with Crippen LogP contribution in [0, 0.1) is 20.8 Å². The highest BCUT2D eigenvalue weighted by atomic mass is 32.2. The number of aryl methyl sites for hydroxylation is 3. The number of fused-ring (bicyclic) bond motifs is 2. The number of carbonyl (C=O) groups is 3. The van der Waals surface area contributed by atoms with Gasteiger partial charge in [0.25, 0.3) is 5.91 Å². The number of hydrogen-bond donors (Lipinski definition) is 1. The lowest BCUT2D eigenvalue weighted by molar-refractivity contribution is -0.124. The number of nitrogens with one attached hydrogen (secondary N) is 1. The Labute approximate surface area is 202 Å². The van der Waals surface area contributed by atoms with Crippen LogP contribution in [-0.2, 0) is 19.3 Å². The maximum Gasteiger partial charge on any atom is 0.269 e. The van der Waals surface area contributed by atoms with E-state index in [1.807, 2.05) is 87.5 Å². The summed E-state index contributed by atoms with van der Waals surface area (Å²) in [5.41, 5.74) is 5.86. The van der Waals surface area contributed by atoms with Crippen LogP contribution in [0.1, 0.15) is 22.3 Å². The highest BCUT2D eigenvalue weighted by molar-refractivity contribution is 8.02. The summed E-state index contributed by atoms with van der Waals surface area (Å²) in [7, 11) is 0. The molecule has 1 spiro atoms. The van der Waals surface area contributed by atoms with E-state index in [9.17, 15) is 14.4 Å². The Bertz CT molecular complexity index is 1340. The van der Waals surface area contributed by atoms with Crippen molar-refractivity contribution in [1.82, 2.24) is 0 Å². The van der Waals surface area contributed by atoms with Gasteiger partial charge in [-0.1, -0.05) is 48.0 Å². The van der Waals surface area contributed by atoms with Gasteiger partial charge in [-0.25, -0.2) is 0 Å². The number of hydrogen-bond acceptors (Lipinski definition) is 4. The van der Waals surface area contributed by atoms with Gasteiger partial charge in [-0.2, -0.15) is 0 Å². The molecule has 3 amide bonds.